The van der Waals surface area contributed by atoms with Crippen molar-refractivity contribution in [2.45, 2.75) is 12.4 Å². The summed E-state index contributed by atoms with van der Waals surface area (Å²) >= 11 is 0. The molecule has 0 heterocycles. The van der Waals surface area contributed by atoms with E-state index in [1.54, 1.807) is 0 Å². The Labute approximate surface area is 143 Å². The third kappa shape index (κ3) is 4.38. The van der Waals surface area contributed by atoms with Gasteiger partial charge < -0.3 is 15.8 Å². The molecule has 0 unspecified atom stereocenters. The number of alkyl halides is 6. The Bertz CT molecular complexity index is 798. The van der Waals surface area contributed by atoms with Crippen molar-refractivity contribution in [2.75, 3.05) is 18.2 Å². The van der Waals surface area contributed by atoms with Crippen LogP contribution in [0.25, 0.3) is 0 Å². The van der Waals surface area contributed by atoms with Crippen molar-refractivity contribution >= 4 is 17.3 Å². The van der Waals surface area contributed by atoms with E-state index in [4.69, 9.17) is 10.5 Å². The first-order valence-corrected chi connectivity index (χ1v) is 6.96. The average Bonchev–Trinajstić information content (AvgIpc) is 2.54. The Morgan fingerprint density at radius 3 is 1.96 bits per heavy atom. The van der Waals surface area contributed by atoms with Crippen molar-refractivity contribution in [1.29, 1.82) is 0 Å². The van der Waals surface area contributed by atoms with E-state index in [2.05, 4.69) is 5.32 Å². The van der Waals surface area contributed by atoms with Crippen LogP contribution in [0.4, 0.5) is 37.7 Å². The van der Waals surface area contributed by atoms with Crippen LogP contribution in [0.5, 0.6) is 5.75 Å². The molecule has 4 nitrogen and oxygen atoms in total. The van der Waals surface area contributed by atoms with Crippen LogP contribution < -0.4 is 15.8 Å². The van der Waals surface area contributed by atoms with Gasteiger partial charge in [0, 0.05) is 17.3 Å². The largest absolute Gasteiger partial charge is 0.494 e. The summed E-state index contributed by atoms with van der Waals surface area (Å²) in [6.07, 6.45) is -10.1. The Morgan fingerprint density at radius 2 is 1.50 bits per heavy atom. The zero-order valence-corrected chi connectivity index (χ0v) is 13.1. The third-order valence-electron chi connectivity index (χ3n) is 3.32. The molecule has 0 bridgehead atoms. The maximum Gasteiger partial charge on any atom is 0.416 e. The molecule has 2 rings (SSSR count). The lowest BCUT2D eigenvalue weighted by atomic mass is 10.0. The summed E-state index contributed by atoms with van der Waals surface area (Å²) in [4.78, 5) is 12.2. The van der Waals surface area contributed by atoms with Gasteiger partial charge in [-0.25, -0.2) is 0 Å². The van der Waals surface area contributed by atoms with Crippen LogP contribution in [0, 0.1) is 0 Å². The summed E-state index contributed by atoms with van der Waals surface area (Å²) in [6, 6.07) is 4.65. The van der Waals surface area contributed by atoms with E-state index in [1.165, 1.54) is 25.3 Å². The molecule has 3 N–H and O–H groups in total. The summed E-state index contributed by atoms with van der Waals surface area (Å²) < 4.78 is 82.1. The smallest absolute Gasteiger partial charge is 0.416 e. The second-order valence-corrected chi connectivity index (χ2v) is 5.21. The van der Waals surface area contributed by atoms with E-state index >= 15 is 0 Å². The summed E-state index contributed by atoms with van der Waals surface area (Å²) in [7, 11) is 1.26. The van der Waals surface area contributed by atoms with Gasteiger partial charge in [-0.05, 0) is 30.3 Å². The first-order chi connectivity index (χ1) is 11.9. The third-order valence-corrected chi connectivity index (χ3v) is 3.32. The molecule has 10 heteroatoms. The van der Waals surface area contributed by atoms with Gasteiger partial charge in [-0.2, -0.15) is 26.3 Å². The Balaban J connectivity index is 2.45. The zero-order chi connectivity index (χ0) is 19.7. The van der Waals surface area contributed by atoms with Gasteiger partial charge in [0.15, 0.2) is 0 Å². The predicted octanol–water partition coefficient (Wildman–Crippen LogP) is 4.57. The molecule has 0 aliphatic heterocycles. The molecule has 0 radical (unpaired) electrons. The number of nitrogens with one attached hydrogen (secondary N) is 1. The van der Waals surface area contributed by atoms with Crippen LogP contribution in [0.1, 0.15) is 21.5 Å². The lowest BCUT2D eigenvalue weighted by molar-refractivity contribution is -0.143. The van der Waals surface area contributed by atoms with Gasteiger partial charge in [0.1, 0.15) is 5.75 Å². The molecular formula is C16H12F6N2O2. The average molecular weight is 378 g/mol. The van der Waals surface area contributed by atoms with E-state index in [1.807, 2.05) is 0 Å². The molecule has 0 fully saturated rings. The topological polar surface area (TPSA) is 64.3 Å². The number of nitrogen functional groups attached to an aromatic ring is 1. The second-order valence-electron chi connectivity index (χ2n) is 5.21. The number of carbonyl (C=O) groups is 1. The number of carbonyl (C=O) groups excluding carboxylic acids is 1. The monoisotopic (exact) mass is 378 g/mol. The fourth-order valence-electron chi connectivity index (χ4n) is 2.09. The SMILES string of the molecule is COc1cc(N)ccc1NC(=O)c1cc(C(F)(F)F)cc(C(F)(F)F)c1. The molecule has 2 aromatic carbocycles. The number of ether oxygens (including phenoxy) is 1. The summed E-state index contributed by atoms with van der Waals surface area (Å²) in [5.74, 6) is -1.06. The minimum Gasteiger partial charge on any atom is -0.494 e. The van der Waals surface area contributed by atoms with Crippen LogP contribution >= 0.6 is 0 Å². The van der Waals surface area contributed by atoms with E-state index in [9.17, 15) is 31.1 Å². The quantitative estimate of drug-likeness (QED) is 0.608. The van der Waals surface area contributed by atoms with Crippen LogP contribution in [0.15, 0.2) is 36.4 Å². The standard InChI is InChI=1S/C16H12F6N2O2/c1-26-13-7-11(23)2-3-12(13)24-14(25)8-4-9(15(17,18)19)6-10(5-8)16(20,21)22/h2-7H,23H2,1H3,(H,24,25). The van der Waals surface area contributed by atoms with Crippen molar-refractivity contribution < 1.29 is 35.9 Å². The van der Waals surface area contributed by atoms with Crippen molar-refractivity contribution in [2.24, 2.45) is 0 Å². The molecule has 1 amide bonds. The van der Waals surface area contributed by atoms with Gasteiger partial charge in [-0.3, -0.25) is 4.79 Å². The minimum absolute atomic E-state index is 0.0395. The van der Waals surface area contributed by atoms with E-state index in [-0.39, 0.29) is 17.5 Å². The van der Waals surface area contributed by atoms with Crippen LogP contribution in [0.3, 0.4) is 0 Å². The lowest BCUT2D eigenvalue weighted by Gasteiger charge is -2.15. The van der Waals surface area contributed by atoms with Crippen LogP contribution in [0.2, 0.25) is 0 Å². The van der Waals surface area contributed by atoms with E-state index < -0.39 is 35.0 Å². The molecular weight excluding hydrogens is 366 g/mol. The molecule has 0 aromatic heterocycles. The number of amides is 1. The first-order valence-electron chi connectivity index (χ1n) is 6.96. The molecule has 2 aromatic rings. The number of hydrogen-bond donors (Lipinski definition) is 2. The number of halogens is 6. The van der Waals surface area contributed by atoms with Gasteiger partial charge in [-0.15, -0.1) is 0 Å². The fraction of sp³-hybridized carbons (Fsp3) is 0.188. The number of anilines is 2. The van der Waals surface area contributed by atoms with Gasteiger partial charge in [-0.1, -0.05) is 0 Å². The highest BCUT2D eigenvalue weighted by Crippen LogP contribution is 2.36. The molecule has 0 saturated heterocycles. The normalized spacial score (nSPS) is 12.0. The van der Waals surface area contributed by atoms with Crippen LogP contribution in [-0.4, -0.2) is 13.0 Å². The van der Waals surface area contributed by atoms with Crippen molar-refractivity contribution in [1.82, 2.24) is 0 Å². The molecule has 0 saturated carbocycles. The number of rotatable bonds is 3. The summed E-state index contributed by atoms with van der Waals surface area (Å²) in [5, 5.41) is 2.21. The second kappa shape index (κ2) is 6.77. The molecule has 0 aliphatic carbocycles. The summed E-state index contributed by atoms with van der Waals surface area (Å²) in [6.45, 7) is 0. The number of benzene rings is 2. The molecule has 0 spiro atoms. The zero-order valence-electron chi connectivity index (χ0n) is 13.1. The van der Waals surface area contributed by atoms with Crippen LogP contribution in [-0.2, 0) is 12.4 Å². The molecule has 26 heavy (non-hydrogen) atoms. The maximum atomic E-state index is 12.9. The van der Waals surface area contributed by atoms with E-state index in [0.29, 0.717) is 17.8 Å². The first kappa shape index (κ1) is 19.4. The van der Waals surface area contributed by atoms with Crippen molar-refractivity contribution in [3.63, 3.8) is 0 Å². The fourth-order valence-corrected chi connectivity index (χ4v) is 2.09. The predicted molar refractivity (Wildman–Crippen MR) is 81.8 cm³/mol. The van der Waals surface area contributed by atoms with Gasteiger partial charge in [0.2, 0.25) is 0 Å². The number of nitrogens with two attached hydrogens (primary N) is 1. The van der Waals surface area contributed by atoms with Gasteiger partial charge >= 0.3 is 12.4 Å². The Kier molecular flexibility index (Phi) is 5.06. The minimum atomic E-state index is -5.05. The highest BCUT2D eigenvalue weighted by Gasteiger charge is 2.37. The Hall–Kier alpha value is -2.91. The maximum absolute atomic E-state index is 12.9. The van der Waals surface area contributed by atoms with Crippen molar-refractivity contribution in [3.05, 3.63) is 53.1 Å². The Morgan fingerprint density at radius 1 is 0.962 bits per heavy atom. The molecule has 140 valence electrons. The number of hydrogen-bond acceptors (Lipinski definition) is 3. The summed E-state index contributed by atoms with van der Waals surface area (Å²) in [5.41, 5.74) is 1.90. The highest BCUT2D eigenvalue weighted by atomic mass is 19.4. The highest BCUT2D eigenvalue weighted by molar-refractivity contribution is 6.05. The van der Waals surface area contributed by atoms with Crippen molar-refractivity contribution in [3.8, 4) is 5.75 Å². The van der Waals surface area contributed by atoms with Gasteiger partial charge in [0.05, 0.1) is 23.9 Å². The van der Waals surface area contributed by atoms with E-state index in [0.717, 1.165) is 0 Å². The van der Waals surface area contributed by atoms with Gasteiger partial charge in [0.25, 0.3) is 5.91 Å². The lowest BCUT2D eigenvalue weighted by Crippen LogP contribution is -2.17. The molecule has 0 atom stereocenters. The molecule has 0 aliphatic rings. The number of methoxy groups -OCH3 is 1.